The van der Waals surface area contributed by atoms with Crippen molar-refractivity contribution >= 4 is 33.3 Å². The minimum atomic E-state index is -3.45. The summed E-state index contributed by atoms with van der Waals surface area (Å²) in [5.41, 5.74) is 0.639. The Kier molecular flexibility index (Phi) is 11.9. The number of ether oxygens (including phenoxy) is 2. The molecule has 4 atom stereocenters. The highest BCUT2D eigenvalue weighted by atomic mass is 32.2. The Labute approximate surface area is 264 Å². The Morgan fingerprint density at radius 2 is 1.60 bits per heavy atom. The van der Waals surface area contributed by atoms with Crippen LogP contribution in [-0.4, -0.2) is 118 Å². The van der Waals surface area contributed by atoms with E-state index in [1.165, 1.54) is 12.1 Å². The lowest BCUT2D eigenvalue weighted by Gasteiger charge is -2.28. The molecule has 2 saturated heterocycles. The quantitative estimate of drug-likeness (QED) is 0.145. The largest absolute Gasteiger partial charge is 0.394 e. The zero-order chi connectivity index (χ0) is 32.6. The fraction of sp³-hybridized carbons (Fsp3) is 0.613. The molecular weight excluding hydrogens is 604 g/mol. The number of sulfone groups is 1. The highest BCUT2D eigenvalue weighted by Crippen LogP contribution is 2.31. The van der Waals surface area contributed by atoms with Gasteiger partial charge in [0.05, 0.1) is 43.9 Å². The van der Waals surface area contributed by atoms with Crippen LogP contribution in [0.4, 0.5) is 0 Å². The minimum Gasteiger partial charge on any atom is -0.394 e. The van der Waals surface area contributed by atoms with Gasteiger partial charge in [-0.05, 0) is 56.7 Å². The topological polar surface area (TPSA) is 184 Å². The second-order valence-electron chi connectivity index (χ2n) is 12.1. The van der Waals surface area contributed by atoms with E-state index in [1.807, 2.05) is 4.90 Å². The summed E-state index contributed by atoms with van der Waals surface area (Å²) in [5.74, 6) is -2.14. The number of aliphatic hydroxyl groups excluding tert-OH is 1. The number of morpholine rings is 1. The molecule has 0 spiro atoms. The van der Waals surface area contributed by atoms with Crippen LogP contribution in [0.2, 0.25) is 0 Å². The van der Waals surface area contributed by atoms with Crippen LogP contribution in [0.25, 0.3) is 0 Å². The Balaban J connectivity index is 1.51. The van der Waals surface area contributed by atoms with E-state index in [-0.39, 0.29) is 30.3 Å². The maximum Gasteiger partial charge on any atom is 0.245 e. The average molecular weight is 649 g/mol. The van der Waals surface area contributed by atoms with Gasteiger partial charge in [0.2, 0.25) is 17.7 Å². The third-order valence-electron chi connectivity index (χ3n) is 8.31. The summed E-state index contributed by atoms with van der Waals surface area (Å²) >= 11 is 0. The van der Waals surface area contributed by atoms with Gasteiger partial charge >= 0.3 is 0 Å². The molecule has 1 aliphatic carbocycles. The lowest BCUT2D eigenvalue weighted by atomic mass is 9.89. The average Bonchev–Trinajstić information content (AvgIpc) is 3.77. The first-order chi connectivity index (χ1) is 21.4. The number of allylic oxidation sites excluding steroid dienone is 1. The number of aliphatic hydroxyl groups is 1. The molecule has 0 aromatic heterocycles. The Morgan fingerprint density at radius 3 is 2.18 bits per heavy atom. The number of nitrogens with one attached hydrogen (secondary N) is 3. The van der Waals surface area contributed by atoms with Crippen LogP contribution in [0, 0.1) is 0 Å². The molecule has 2 fully saturated rings. The number of benzene rings is 1. The Morgan fingerprint density at radius 1 is 0.956 bits per heavy atom. The van der Waals surface area contributed by atoms with Crippen LogP contribution in [0.5, 0.6) is 0 Å². The summed E-state index contributed by atoms with van der Waals surface area (Å²) in [6, 6.07) is 2.49. The molecule has 4 N–H and O–H groups in total. The van der Waals surface area contributed by atoms with Crippen LogP contribution in [0.15, 0.2) is 40.8 Å². The number of ketones is 1. The number of Topliss-reactive ketones (excluding diaryl/α,β-unsaturated/α-hetero) is 1. The molecule has 45 heavy (non-hydrogen) atoms. The normalized spacial score (nSPS) is 22.3. The van der Waals surface area contributed by atoms with Crippen LogP contribution < -0.4 is 16.0 Å². The number of nitrogens with zero attached hydrogens (tertiary/aromatic N) is 1. The van der Waals surface area contributed by atoms with Gasteiger partial charge in [0, 0.05) is 25.8 Å². The molecule has 1 aromatic carbocycles. The molecule has 248 valence electrons. The van der Waals surface area contributed by atoms with Gasteiger partial charge < -0.3 is 30.5 Å². The molecule has 4 rings (SSSR count). The number of amides is 3. The van der Waals surface area contributed by atoms with Gasteiger partial charge in [-0.2, -0.15) is 0 Å². The second kappa shape index (κ2) is 15.4. The lowest BCUT2D eigenvalue weighted by molar-refractivity contribution is -0.135. The fourth-order valence-electron chi connectivity index (χ4n) is 5.44. The number of carbonyl (C=O) groups is 4. The van der Waals surface area contributed by atoms with Crippen molar-refractivity contribution in [1.82, 2.24) is 20.9 Å². The van der Waals surface area contributed by atoms with E-state index in [1.54, 1.807) is 19.1 Å². The molecule has 0 radical (unpaired) electrons. The van der Waals surface area contributed by atoms with Gasteiger partial charge in [0.25, 0.3) is 0 Å². The van der Waals surface area contributed by atoms with E-state index in [4.69, 9.17) is 9.47 Å². The number of hydrogen-bond acceptors (Lipinski definition) is 10. The van der Waals surface area contributed by atoms with E-state index in [2.05, 4.69) is 22.0 Å². The summed E-state index contributed by atoms with van der Waals surface area (Å²) in [5, 5.41) is 18.0. The summed E-state index contributed by atoms with van der Waals surface area (Å²) in [7, 11) is -3.45. The molecule has 1 aromatic rings. The molecule has 2 heterocycles. The summed E-state index contributed by atoms with van der Waals surface area (Å²) in [6.07, 6.45) is 7.26. The molecule has 2 aliphatic heterocycles. The van der Waals surface area contributed by atoms with Crippen molar-refractivity contribution in [2.24, 2.45) is 0 Å². The van der Waals surface area contributed by atoms with Crippen LogP contribution in [-0.2, 0) is 44.9 Å². The molecule has 3 amide bonds. The first-order valence-corrected chi connectivity index (χ1v) is 17.2. The maximum absolute atomic E-state index is 13.8. The second-order valence-corrected chi connectivity index (χ2v) is 14.1. The molecule has 0 bridgehead atoms. The van der Waals surface area contributed by atoms with Crippen LogP contribution >= 0.6 is 0 Å². The predicted octanol–water partition coefficient (Wildman–Crippen LogP) is -0.340. The van der Waals surface area contributed by atoms with Crippen LogP contribution in [0.3, 0.4) is 0 Å². The number of epoxide rings is 1. The minimum absolute atomic E-state index is 0.0181. The van der Waals surface area contributed by atoms with Crippen molar-refractivity contribution in [2.75, 3.05) is 52.3 Å². The third kappa shape index (κ3) is 10.2. The molecule has 0 saturated carbocycles. The van der Waals surface area contributed by atoms with Crippen molar-refractivity contribution in [3.05, 3.63) is 41.5 Å². The van der Waals surface area contributed by atoms with Crippen molar-refractivity contribution in [1.29, 1.82) is 0 Å². The fourth-order valence-corrected chi connectivity index (χ4v) is 6.07. The Hall–Kier alpha value is -3.17. The van der Waals surface area contributed by atoms with Gasteiger partial charge in [0.1, 0.15) is 17.7 Å². The molecule has 14 heteroatoms. The zero-order valence-corrected chi connectivity index (χ0v) is 26.7. The predicted molar refractivity (Wildman–Crippen MR) is 164 cm³/mol. The summed E-state index contributed by atoms with van der Waals surface area (Å²) in [4.78, 5) is 55.2. The molecular formula is C31H44N4O9S. The monoisotopic (exact) mass is 648 g/mol. The number of carbonyl (C=O) groups excluding carboxylic acids is 4. The van der Waals surface area contributed by atoms with Gasteiger partial charge in [-0.3, -0.25) is 24.1 Å². The van der Waals surface area contributed by atoms with E-state index >= 15 is 0 Å². The van der Waals surface area contributed by atoms with Crippen molar-refractivity contribution < 1.29 is 42.2 Å². The first kappa shape index (κ1) is 34.7. The van der Waals surface area contributed by atoms with Crippen molar-refractivity contribution in [3.63, 3.8) is 0 Å². The zero-order valence-electron chi connectivity index (χ0n) is 25.9. The van der Waals surface area contributed by atoms with E-state index in [0.717, 1.165) is 37.5 Å². The van der Waals surface area contributed by atoms with Gasteiger partial charge in [-0.1, -0.05) is 23.8 Å². The summed E-state index contributed by atoms with van der Waals surface area (Å²) in [6.45, 7) is 3.35. The SMILES string of the molecule is C[C@]1(C(=O)[C@H](CC2=CCCCC2)NC(=O)[C@H](Cc2ccc(S(C)(=O)=O)cc2)NC(=O)[C@H](CO)NC(=O)CN2CCOCC2)CO1. The van der Waals surface area contributed by atoms with Crippen molar-refractivity contribution in [3.8, 4) is 0 Å². The first-order valence-electron chi connectivity index (χ1n) is 15.3. The smallest absolute Gasteiger partial charge is 0.245 e. The third-order valence-corrected chi connectivity index (χ3v) is 9.44. The lowest BCUT2D eigenvalue weighted by Crippen LogP contribution is -2.58. The maximum atomic E-state index is 13.8. The van der Waals surface area contributed by atoms with E-state index in [0.29, 0.717) is 38.3 Å². The molecule has 13 nitrogen and oxygen atoms in total. The summed E-state index contributed by atoms with van der Waals surface area (Å²) < 4.78 is 34.6. The molecule has 0 unspecified atom stereocenters. The van der Waals surface area contributed by atoms with E-state index in [9.17, 15) is 32.7 Å². The standard InChI is InChI=1S/C31H44N4O9S/c1-31(20-44-31)28(38)24(16-21-6-4-3-5-7-21)33-29(39)25(17-22-8-10-23(11-9-22)45(2,41)42)34-30(40)26(19-36)32-27(37)18-35-12-14-43-15-13-35/h6,8-11,24-26,36H,3-5,7,12-20H2,1-2H3,(H,32,37)(H,33,39)(H,34,40)/t24-,25-,26-,31+/m0/s1. The highest BCUT2D eigenvalue weighted by molar-refractivity contribution is 7.90. The van der Waals surface area contributed by atoms with E-state index < -0.39 is 57.9 Å². The van der Waals surface area contributed by atoms with Gasteiger partial charge in [0.15, 0.2) is 15.6 Å². The number of hydrogen-bond donors (Lipinski definition) is 4. The van der Waals surface area contributed by atoms with Crippen LogP contribution in [0.1, 0.15) is 44.6 Å². The van der Waals surface area contributed by atoms with Gasteiger partial charge in [-0.15, -0.1) is 0 Å². The Bertz CT molecular complexity index is 1370. The van der Waals surface area contributed by atoms with Crippen molar-refractivity contribution in [2.45, 2.75) is 74.1 Å². The van der Waals surface area contributed by atoms with Gasteiger partial charge in [-0.25, -0.2) is 8.42 Å². The molecule has 3 aliphatic rings. The number of rotatable bonds is 15. The highest BCUT2D eigenvalue weighted by Gasteiger charge is 2.50.